The van der Waals surface area contributed by atoms with Crippen molar-refractivity contribution in [2.75, 3.05) is 18.6 Å². The zero-order valence-corrected chi connectivity index (χ0v) is 11.9. The monoisotopic (exact) mass is 280 g/mol. The molecule has 0 atom stereocenters. The van der Waals surface area contributed by atoms with E-state index >= 15 is 0 Å². The van der Waals surface area contributed by atoms with Gasteiger partial charge >= 0.3 is 0 Å². The van der Waals surface area contributed by atoms with Gasteiger partial charge in [0.05, 0.1) is 18.4 Å². The molecule has 0 aromatic heterocycles. The van der Waals surface area contributed by atoms with Crippen LogP contribution in [0.4, 0.5) is 11.4 Å². The van der Waals surface area contributed by atoms with Gasteiger partial charge in [0, 0.05) is 12.2 Å². The molecule has 1 aliphatic heterocycles. The Morgan fingerprint density at radius 1 is 1.29 bits per heavy atom. The van der Waals surface area contributed by atoms with Crippen LogP contribution < -0.4 is 9.64 Å². The molecule has 2 aromatic rings. The molecule has 0 spiro atoms. The van der Waals surface area contributed by atoms with Crippen LogP contribution in [0, 0.1) is 0 Å². The Balaban J connectivity index is 2.02. The fourth-order valence-corrected chi connectivity index (χ4v) is 2.65. The number of amides is 1. The summed E-state index contributed by atoms with van der Waals surface area (Å²) in [6, 6.07) is 13.2. The molecule has 3 rings (SSSR count). The van der Waals surface area contributed by atoms with Crippen LogP contribution in [-0.4, -0.2) is 26.3 Å². The molecule has 1 heterocycles. The van der Waals surface area contributed by atoms with Crippen molar-refractivity contribution >= 4 is 24.0 Å². The number of nitrogens with zero attached hydrogens (tertiary/aromatic N) is 2. The SMILES string of the molecule is C=Nc1ccc(OC)cc1C(=O)N1CCc2ccccc21. The molecule has 0 fully saturated rings. The van der Waals surface area contributed by atoms with E-state index in [1.165, 1.54) is 5.56 Å². The number of carbonyl (C=O) groups excluding carboxylic acids is 1. The van der Waals surface area contributed by atoms with Gasteiger partial charge in [0.2, 0.25) is 0 Å². The summed E-state index contributed by atoms with van der Waals surface area (Å²) in [6.45, 7) is 4.23. The minimum absolute atomic E-state index is 0.0683. The van der Waals surface area contributed by atoms with Gasteiger partial charge in [-0.2, -0.15) is 0 Å². The van der Waals surface area contributed by atoms with Gasteiger partial charge in [0.25, 0.3) is 5.91 Å². The van der Waals surface area contributed by atoms with Gasteiger partial charge in [-0.05, 0) is 43.0 Å². The number of carbonyl (C=O) groups is 1. The zero-order valence-electron chi connectivity index (χ0n) is 11.9. The van der Waals surface area contributed by atoms with Gasteiger partial charge in [-0.15, -0.1) is 0 Å². The number of methoxy groups -OCH3 is 1. The summed E-state index contributed by atoms with van der Waals surface area (Å²) in [6.07, 6.45) is 0.878. The Labute approximate surface area is 123 Å². The van der Waals surface area contributed by atoms with Crippen LogP contribution in [0.5, 0.6) is 5.75 Å². The van der Waals surface area contributed by atoms with E-state index in [0.29, 0.717) is 23.5 Å². The first kappa shape index (κ1) is 13.4. The summed E-state index contributed by atoms with van der Waals surface area (Å²) in [4.78, 5) is 18.6. The normalized spacial score (nSPS) is 12.9. The third-order valence-electron chi connectivity index (χ3n) is 3.74. The van der Waals surface area contributed by atoms with Gasteiger partial charge in [0.15, 0.2) is 0 Å². The lowest BCUT2D eigenvalue weighted by Crippen LogP contribution is -2.28. The molecular formula is C17H16N2O2. The molecule has 1 aliphatic rings. The first-order valence-corrected chi connectivity index (χ1v) is 6.79. The van der Waals surface area contributed by atoms with E-state index in [1.54, 1.807) is 30.2 Å². The Morgan fingerprint density at radius 2 is 2.10 bits per heavy atom. The number of anilines is 1. The van der Waals surface area contributed by atoms with Crippen molar-refractivity contribution in [3.05, 3.63) is 53.6 Å². The van der Waals surface area contributed by atoms with Gasteiger partial charge in [-0.1, -0.05) is 18.2 Å². The van der Waals surface area contributed by atoms with Crippen molar-refractivity contribution in [3.8, 4) is 5.75 Å². The highest BCUT2D eigenvalue weighted by molar-refractivity contribution is 6.10. The van der Waals surface area contributed by atoms with E-state index in [0.717, 1.165) is 12.1 Å². The van der Waals surface area contributed by atoms with E-state index in [-0.39, 0.29) is 5.91 Å². The predicted molar refractivity (Wildman–Crippen MR) is 84.0 cm³/mol. The minimum atomic E-state index is -0.0683. The molecule has 0 saturated carbocycles. The maximum Gasteiger partial charge on any atom is 0.260 e. The summed E-state index contributed by atoms with van der Waals surface area (Å²) >= 11 is 0. The second kappa shape index (κ2) is 5.40. The maximum absolute atomic E-state index is 12.8. The van der Waals surface area contributed by atoms with Crippen LogP contribution in [0.2, 0.25) is 0 Å². The smallest absolute Gasteiger partial charge is 0.260 e. The average Bonchev–Trinajstić information content (AvgIpc) is 2.97. The lowest BCUT2D eigenvalue weighted by Gasteiger charge is -2.18. The number of hydrogen-bond acceptors (Lipinski definition) is 3. The van der Waals surface area contributed by atoms with Crippen molar-refractivity contribution in [2.45, 2.75) is 6.42 Å². The van der Waals surface area contributed by atoms with Crippen LogP contribution in [0.1, 0.15) is 15.9 Å². The Bertz CT molecular complexity index is 710. The molecule has 0 saturated heterocycles. The van der Waals surface area contributed by atoms with E-state index in [2.05, 4.69) is 17.8 Å². The Hall–Kier alpha value is -2.62. The van der Waals surface area contributed by atoms with Crippen molar-refractivity contribution < 1.29 is 9.53 Å². The quantitative estimate of drug-likeness (QED) is 0.810. The lowest BCUT2D eigenvalue weighted by atomic mass is 10.1. The topological polar surface area (TPSA) is 41.9 Å². The van der Waals surface area contributed by atoms with Crippen molar-refractivity contribution in [3.63, 3.8) is 0 Å². The van der Waals surface area contributed by atoms with E-state index < -0.39 is 0 Å². The number of ether oxygens (including phenoxy) is 1. The molecule has 2 aromatic carbocycles. The summed E-state index contributed by atoms with van der Waals surface area (Å²) in [5.41, 5.74) is 3.26. The van der Waals surface area contributed by atoms with Gasteiger partial charge in [0.1, 0.15) is 5.75 Å². The number of benzene rings is 2. The molecule has 0 radical (unpaired) electrons. The van der Waals surface area contributed by atoms with Crippen LogP contribution >= 0.6 is 0 Å². The van der Waals surface area contributed by atoms with Gasteiger partial charge in [-0.25, -0.2) is 0 Å². The van der Waals surface area contributed by atoms with E-state index in [1.807, 2.05) is 18.2 Å². The number of rotatable bonds is 3. The average molecular weight is 280 g/mol. The predicted octanol–water partition coefficient (Wildman–Crippen LogP) is 3.23. The molecule has 106 valence electrons. The van der Waals surface area contributed by atoms with Crippen LogP contribution in [0.15, 0.2) is 47.5 Å². The molecule has 1 amide bonds. The van der Waals surface area contributed by atoms with Gasteiger partial charge in [-0.3, -0.25) is 9.79 Å². The minimum Gasteiger partial charge on any atom is -0.497 e. The third-order valence-corrected chi connectivity index (χ3v) is 3.74. The van der Waals surface area contributed by atoms with Crippen LogP contribution in [-0.2, 0) is 6.42 Å². The zero-order chi connectivity index (χ0) is 14.8. The Morgan fingerprint density at radius 3 is 2.86 bits per heavy atom. The second-order valence-corrected chi connectivity index (χ2v) is 4.88. The molecule has 4 nitrogen and oxygen atoms in total. The molecular weight excluding hydrogens is 264 g/mol. The van der Waals surface area contributed by atoms with Gasteiger partial charge < -0.3 is 9.64 Å². The molecule has 21 heavy (non-hydrogen) atoms. The molecule has 0 N–H and O–H groups in total. The Kier molecular flexibility index (Phi) is 3.44. The maximum atomic E-state index is 12.8. The lowest BCUT2D eigenvalue weighted by molar-refractivity contribution is 0.0990. The highest BCUT2D eigenvalue weighted by atomic mass is 16.5. The molecule has 4 heteroatoms. The summed E-state index contributed by atoms with van der Waals surface area (Å²) < 4.78 is 5.20. The standard InChI is InChI=1S/C17H16N2O2/c1-18-15-8-7-13(21-2)11-14(15)17(20)19-10-9-12-5-3-4-6-16(12)19/h3-8,11H,1,9-10H2,2H3. The van der Waals surface area contributed by atoms with Crippen LogP contribution in [0.25, 0.3) is 0 Å². The summed E-state index contributed by atoms with van der Waals surface area (Å²) in [5, 5.41) is 0. The van der Waals surface area contributed by atoms with Crippen molar-refractivity contribution in [2.24, 2.45) is 4.99 Å². The third kappa shape index (κ3) is 2.29. The number of hydrogen-bond donors (Lipinski definition) is 0. The molecule has 0 unspecified atom stereocenters. The largest absolute Gasteiger partial charge is 0.497 e. The number of aliphatic imine (C=N–C) groups is 1. The van der Waals surface area contributed by atoms with Crippen LogP contribution in [0.3, 0.4) is 0 Å². The van der Waals surface area contributed by atoms with Crippen molar-refractivity contribution in [1.82, 2.24) is 0 Å². The summed E-state index contributed by atoms with van der Waals surface area (Å²) in [5.74, 6) is 0.569. The highest BCUT2D eigenvalue weighted by Gasteiger charge is 2.26. The van der Waals surface area contributed by atoms with E-state index in [9.17, 15) is 4.79 Å². The highest BCUT2D eigenvalue weighted by Crippen LogP contribution is 2.32. The van der Waals surface area contributed by atoms with E-state index in [4.69, 9.17) is 4.74 Å². The summed E-state index contributed by atoms with van der Waals surface area (Å²) in [7, 11) is 1.58. The fraction of sp³-hybridized carbons (Fsp3) is 0.176. The molecule has 0 aliphatic carbocycles. The first-order valence-electron chi connectivity index (χ1n) is 6.79. The number of para-hydroxylation sites is 1. The number of fused-ring (bicyclic) bond motifs is 1. The first-order chi connectivity index (χ1) is 10.2. The second-order valence-electron chi connectivity index (χ2n) is 4.88. The van der Waals surface area contributed by atoms with Crippen molar-refractivity contribution in [1.29, 1.82) is 0 Å². The molecule has 0 bridgehead atoms. The fourth-order valence-electron chi connectivity index (χ4n) is 2.65.